The van der Waals surface area contributed by atoms with Gasteiger partial charge in [0.15, 0.2) is 17.9 Å². The van der Waals surface area contributed by atoms with Crippen molar-refractivity contribution in [2.75, 3.05) is 5.01 Å². The van der Waals surface area contributed by atoms with E-state index in [9.17, 15) is 19.6 Å². The molecular formula is C26H23ClN4O6. The maximum absolute atomic E-state index is 12.7. The number of Topliss-reactive ketones (excluding diaryl/α,β-unsaturated/α-hetero) is 1. The number of carbonyl (C=O) groups excluding carboxylic acids is 2. The van der Waals surface area contributed by atoms with E-state index in [0.717, 1.165) is 16.1 Å². The highest BCUT2D eigenvalue weighted by molar-refractivity contribution is 6.27. The number of anilines is 1. The number of nitrogens with one attached hydrogen (secondary N) is 1. The molecule has 4 rings (SSSR count). The van der Waals surface area contributed by atoms with Crippen LogP contribution in [-0.2, 0) is 25.7 Å². The van der Waals surface area contributed by atoms with Gasteiger partial charge >= 0.3 is 17.1 Å². The van der Waals surface area contributed by atoms with Crippen LogP contribution in [0.5, 0.6) is 5.75 Å². The van der Waals surface area contributed by atoms with Crippen molar-refractivity contribution in [2.24, 2.45) is 0 Å². The van der Waals surface area contributed by atoms with Gasteiger partial charge in [-0.15, -0.1) is 0 Å². The molecule has 2 aromatic carbocycles. The summed E-state index contributed by atoms with van der Waals surface area (Å²) in [6.45, 7) is 1.93. The number of nitriles is 1. The number of pyridine rings is 1. The summed E-state index contributed by atoms with van der Waals surface area (Å²) in [5, 5.41) is 18.3. The lowest BCUT2D eigenvalue weighted by atomic mass is 10.1. The SMILES string of the molecule is Cc1ccc2cccc(OCc3ccccc3N3NC(C(=O)CCCC(=O)O)C(=O)OC3(Cl)C#N)c2n1. The van der Waals surface area contributed by atoms with Gasteiger partial charge in [0.1, 0.15) is 17.9 Å². The van der Waals surface area contributed by atoms with E-state index in [0.29, 0.717) is 22.5 Å². The molecule has 2 heterocycles. The predicted octanol–water partition coefficient (Wildman–Crippen LogP) is 3.60. The maximum atomic E-state index is 12.7. The van der Waals surface area contributed by atoms with Gasteiger partial charge in [0.2, 0.25) is 0 Å². The van der Waals surface area contributed by atoms with E-state index in [-0.39, 0.29) is 25.9 Å². The minimum Gasteiger partial charge on any atom is -0.487 e. The van der Waals surface area contributed by atoms with Crippen LogP contribution >= 0.6 is 11.6 Å². The highest BCUT2D eigenvalue weighted by Crippen LogP contribution is 2.34. The molecule has 0 bridgehead atoms. The first-order valence-corrected chi connectivity index (χ1v) is 11.8. The van der Waals surface area contributed by atoms with Crippen LogP contribution in [0.3, 0.4) is 0 Å². The number of cyclic esters (lactones) is 1. The number of rotatable bonds is 9. The molecule has 2 N–H and O–H groups in total. The molecule has 2 atom stereocenters. The fraction of sp³-hybridized carbons (Fsp3) is 0.269. The first-order valence-electron chi connectivity index (χ1n) is 11.4. The van der Waals surface area contributed by atoms with Gasteiger partial charge in [0, 0.05) is 29.5 Å². The number of aliphatic carboxylic acids is 1. The van der Waals surface area contributed by atoms with Gasteiger partial charge in [-0.2, -0.15) is 5.26 Å². The number of ketones is 1. The fourth-order valence-electron chi connectivity index (χ4n) is 3.90. The Hall–Kier alpha value is -4.20. The molecule has 1 aliphatic rings. The van der Waals surface area contributed by atoms with E-state index in [1.165, 1.54) is 0 Å². The van der Waals surface area contributed by atoms with Gasteiger partial charge in [0.05, 0.1) is 5.69 Å². The molecule has 1 fully saturated rings. The molecule has 2 unspecified atom stereocenters. The smallest absolute Gasteiger partial charge is 0.368 e. The lowest BCUT2D eigenvalue weighted by Crippen LogP contribution is -2.67. The number of para-hydroxylation sites is 2. The third-order valence-corrected chi connectivity index (χ3v) is 6.06. The van der Waals surface area contributed by atoms with Crippen LogP contribution in [-0.4, -0.2) is 39.0 Å². The van der Waals surface area contributed by atoms with Gasteiger partial charge in [-0.05, 0) is 43.1 Å². The number of aryl methyl sites for hydroxylation is 1. The quantitative estimate of drug-likeness (QED) is 0.185. The molecule has 3 aromatic rings. The Bertz CT molecular complexity index is 1410. The van der Waals surface area contributed by atoms with Crippen LogP contribution in [0, 0.1) is 18.3 Å². The zero-order valence-electron chi connectivity index (χ0n) is 19.8. The topological polar surface area (TPSA) is 142 Å². The number of carboxylic acid groups (broad SMARTS) is 1. The standard InChI is InChI=1S/C26H23ClN4O6/c1-16-12-13-17-7-4-10-21(23(17)29-16)36-14-18-6-2-3-8-19(18)31-26(27,15-28)37-25(35)24(30-31)20(32)9-5-11-22(33)34/h2-4,6-8,10,12-13,24,30H,5,9,11,14H2,1H3,(H,33,34). The summed E-state index contributed by atoms with van der Waals surface area (Å²) < 4.78 is 11.3. The van der Waals surface area contributed by atoms with Gasteiger partial charge in [-0.1, -0.05) is 36.4 Å². The lowest BCUT2D eigenvalue weighted by molar-refractivity contribution is -0.159. The number of hydrazine groups is 1. The van der Waals surface area contributed by atoms with E-state index in [4.69, 9.17) is 26.2 Å². The number of ether oxygens (including phenoxy) is 2. The molecule has 11 heteroatoms. The summed E-state index contributed by atoms with van der Waals surface area (Å²) in [6, 6.07) is 16.6. The van der Waals surface area contributed by atoms with Gasteiger partial charge < -0.3 is 14.6 Å². The number of carbonyl (C=O) groups is 3. The number of carboxylic acids is 1. The van der Waals surface area contributed by atoms with Crippen LogP contribution in [0.15, 0.2) is 54.6 Å². The second-order valence-electron chi connectivity index (χ2n) is 8.40. The average Bonchev–Trinajstić information content (AvgIpc) is 2.87. The second-order valence-corrected chi connectivity index (χ2v) is 8.92. The molecule has 0 spiro atoms. The van der Waals surface area contributed by atoms with Crippen molar-refractivity contribution in [3.63, 3.8) is 0 Å². The molecule has 0 saturated carbocycles. The van der Waals surface area contributed by atoms with E-state index < -0.39 is 28.9 Å². The lowest BCUT2D eigenvalue weighted by Gasteiger charge is -2.41. The first-order chi connectivity index (χ1) is 17.7. The molecule has 10 nitrogen and oxygen atoms in total. The van der Waals surface area contributed by atoms with E-state index in [1.54, 1.807) is 36.4 Å². The van der Waals surface area contributed by atoms with Crippen LogP contribution in [0.25, 0.3) is 10.9 Å². The minimum absolute atomic E-state index is 0.0483. The fourth-order valence-corrected chi connectivity index (χ4v) is 4.12. The van der Waals surface area contributed by atoms with Crippen molar-refractivity contribution in [1.29, 1.82) is 5.26 Å². The minimum atomic E-state index is -2.27. The Morgan fingerprint density at radius 2 is 2.00 bits per heavy atom. The Labute approximate surface area is 217 Å². The molecule has 1 aliphatic heterocycles. The molecule has 190 valence electrons. The summed E-state index contributed by atoms with van der Waals surface area (Å²) in [6.07, 6.45) is -0.350. The van der Waals surface area contributed by atoms with Gasteiger partial charge in [-0.3, -0.25) is 9.59 Å². The van der Waals surface area contributed by atoms with Crippen molar-refractivity contribution >= 4 is 45.9 Å². The van der Waals surface area contributed by atoms with E-state index in [2.05, 4.69) is 10.4 Å². The van der Waals surface area contributed by atoms with Crippen molar-refractivity contribution in [2.45, 2.75) is 44.0 Å². The third-order valence-electron chi connectivity index (χ3n) is 5.73. The number of aromatic nitrogens is 1. The van der Waals surface area contributed by atoms with Crippen LogP contribution in [0.4, 0.5) is 5.69 Å². The zero-order chi connectivity index (χ0) is 26.6. The molecular weight excluding hydrogens is 500 g/mol. The number of benzene rings is 2. The first kappa shape index (κ1) is 25.9. The number of fused-ring (bicyclic) bond motifs is 1. The normalized spacial score (nSPS) is 19.2. The monoisotopic (exact) mass is 522 g/mol. The molecule has 0 radical (unpaired) electrons. The number of nitrogens with zero attached hydrogens (tertiary/aromatic N) is 3. The molecule has 1 aromatic heterocycles. The molecule has 37 heavy (non-hydrogen) atoms. The van der Waals surface area contributed by atoms with Crippen LogP contribution in [0.1, 0.15) is 30.5 Å². The van der Waals surface area contributed by atoms with Crippen LogP contribution in [0.2, 0.25) is 0 Å². The summed E-state index contributed by atoms with van der Waals surface area (Å²) >= 11 is 6.37. The van der Waals surface area contributed by atoms with E-state index >= 15 is 0 Å². The van der Waals surface area contributed by atoms with Crippen molar-refractivity contribution in [3.05, 3.63) is 65.9 Å². The van der Waals surface area contributed by atoms with Crippen molar-refractivity contribution in [3.8, 4) is 11.8 Å². The summed E-state index contributed by atoms with van der Waals surface area (Å²) in [4.78, 5) is 40.5. The summed E-state index contributed by atoms with van der Waals surface area (Å²) in [7, 11) is 0. The maximum Gasteiger partial charge on any atom is 0.368 e. The predicted molar refractivity (Wildman–Crippen MR) is 133 cm³/mol. The third kappa shape index (κ3) is 5.63. The Morgan fingerprint density at radius 3 is 2.76 bits per heavy atom. The van der Waals surface area contributed by atoms with Crippen LogP contribution < -0.4 is 15.2 Å². The molecule has 0 amide bonds. The van der Waals surface area contributed by atoms with E-state index in [1.807, 2.05) is 31.2 Å². The summed E-state index contributed by atoms with van der Waals surface area (Å²) in [5.74, 6) is -2.11. The number of halogens is 1. The Morgan fingerprint density at radius 1 is 1.22 bits per heavy atom. The van der Waals surface area contributed by atoms with Crippen molar-refractivity contribution < 1.29 is 29.0 Å². The highest BCUT2D eigenvalue weighted by atomic mass is 35.5. The summed E-state index contributed by atoms with van der Waals surface area (Å²) in [5.41, 5.74) is 5.17. The number of esters is 1. The largest absolute Gasteiger partial charge is 0.487 e. The van der Waals surface area contributed by atoms with Gasteiger partial charge in [-0.25, -0.2) is 20.2 Å². The number of alkyl halides is 1. The Kier molecular flexibility index (Phi) is 7.57. The Balaban J connectivity index is 1.60. The zero-order valence-corrected chi connectivity index (χ0v) is 20.6. The number of hydrogen-bond acceptors (Lipinski definition) is 9. The molecule has 1 saturated heterocycles. The molecule has 0 aliphatic carbocycles. The second kappa shape index (κ2) is 10.8. The average molecular weight is 523 g/mol. The van der Waals surface area contributed by atoms with Crippen molar-refractivity contribution in [1.82, 2.24) is 10.4 Å². The number of hydrogen-bond donors (Lipinski definition) is 2. The highest BCUT2D eigenvalue weighted by Gasteiger charge is 2.50. The van der Waals surface area contributed by atoms with Gasteiger partial charge in [0.25, 0.3) is 0 Å².